The van der Waals surface area contributed by atoms with Crippen molar-refractivity contribution in [2.24, 2.45) is 0 Å². The van der Waals surface area contributed by atoms with Crippen LogP contribution in [0.5, 0.6) is 11.5 Å². The molecule has 4 aromatic rings. The fourth-order valence-electron chi connectivity index (χ4n) is 3.84. The average molecular weight is 515 g/mol. The van der Waals surface area contributed by atoms with E-state index in [4.69, 9.17) is 14.5 Å². The molecule has 2 heterocycles. The molecule has 9 nitrogen and oxygen atoms in total. The van der Waals surface area contributed by atoms with Crippen LogP contribution in [0.25, 0.3) is 20.3 Å². The topological polar surface area (TPSA) is 98.0 Å². The van der Waals surface area contributed by atoms with Gasteiger partial charge in [-0.2, -0.15) is 0 Å². The molecule has 184 valence electrons. The molecular weight excluding hydrogens is 488 g/mol. The van der Waals surface area contributed by atoms with Gasteiger partial charge in [0.2, 0.25) is 0 Å². The molecule has 1 amide bonds. The molecule has 0 saturated heterocycles. The molecular formula is C24H26N4O5S2. The lowest BCUT2D eigenvalue weighted by atomic mass is 10.2. The maximum Gasteiger partial charge on any atom is 0.270 e. The van der Waals surface area contributed by atoms with Crippen LogP contribution in [0.4, 0.5) is 10.8 Å². The van der Waals surface area contributed by atoms with Gasteiger partial charge in [0.05, 0.1) is 24.0 Å². The van der Waals surface area contributed by atoms with Gasteiger partial charge < -0.3 is 14.4 Å². The highest BCUT2D eigenvalue weighted by Crippen LogP contribution is 2.41. The van der Waals surface area contributed by atoms with Crippen molar-refractivity contribution in [1.82, 2.24) is 9.88 Å². The van der Waals surface area contributed by atoms with E-state index in [1.54, 1.807) is 37.3 Å². The maximum atomic E-state index is 13.8. The van der Waals surface area contributed by atoms with Crippen molar-refractivity contribution in [3.8, 4) is 11.5 Å². The summed E-state index contributed by atoms with van der Waals surface area (Å²) in [6, 6.07) is 9.97. The normalized spacial score (nSPS) is 11.3. The Labute approximate surface area is 210 Å². The molecule has 4 rings (SSSR count). The largest absolute Gasteiger partial charge is 0.495 e. The summed E-state index contributed by atoms with van der Waals surface area (Å²) in [5, 5.41) is 12.4. The van der Waals surface area contributed by atoms with Crippen LogP contribution >= 0.6 is 22.7 Å². The van der Waals surface area contributed by atoms with Crippen molar-refractivity contribution in [2.45, 2.75) is 13.8 Å². The summed E-state index contributed by atoms with van der Waals surface area (Å²) >= 11 is 2.69. The van der Waals surface area contributed by atoms with E-state index in [0.717, 1.165) is 22.5 Å². The monoisotopic (exact) mass is 514 g/mol. The van der Waals surface area contributed by atoms with Gasteiger partial charge in [-0.25, -0.2) is 4.98 Å². The number of thiazole rings is 1. The first-order valence-electron chi connectivity index (χ1n) is 11.1. The number of hydrogen-bond acceptors (Lipinski definition) is 9. The van der Waals surface area contributed by atoms with Crippen LogP contribution in [0.3, 0.4) is 0 Å². The second-order valence-corrected chi connectivity index (χ2v) is 9.78. The fourth-order valence-corrected chi connectivity index (χ4v) is 5.93. The molecule has 0 radical (unpaired) electrons. The van der Waals surface area contributed by atoms with E-state index >= 15 is 0 Å². The number of nitro groups is 1. The number of anilines is 1. The number of aromatic nitrogens is 1. The van der Waals surface area contributed by atoms with Crippen molar-refractivity contribution >= 4 is 59.7 Å². The number of likely N-dealkylation sites (N-methyl/N-ethyl adjacent to an activating group) is 1. The van der Waals surface area contributed by atoms with Crippen LogP contribution in [0.2, 0.25) is 0 Å². The first-order valence-corrected chi connectivity index (χ1v) is 12.8. The number of carbonyl (C=O) groups excluding carboxylic acids is 1. The Bertz CT molecular complexity index is 1340. The third-order valence-corrected chi connectivity index (χ3v) is 8.03. The summed E-state index contributed by atoms with van der Waals surface area (Å²) < 4.78 is 12.6. The molecule has 0 unspecified atom stereocenters. The molecule has 35 heavy (non-hydrogen) atoms. The van der Waals surface area contributed by atoms with Gasteiger partial charge in [0.1, 0.15) is 21.7 Å². The van der Waals surface area contributed by atoms with E-state index in [1.807, 2.05) is 6.07 Å². The van der Waals surface area contributed by atoms with Crippen LogP contribution in [0, 0.1) is 10.1 Å². The van der Waals surface area contributed by atoms with Gasteiger partial charge in [-0.05, 0) is 37.4 Å². The first kappa shape index (κ1) is 24.8. The number of ether oxygens (including phenoxy) is 2. The molecule has 0 atom stereocenters. The van der Waals surface area contributed by atoms with E-state index in [1.165, 1.54) is 34.8 Å². The number of amides is 1. The summed E-state index contributed by atoms with van der Waals surface area (Å²) in [4.78, 5) is 33.7. The number of hydrogen-bond donors (Lipinski definition) is 0. The Hall–Kier alpha value is -3.28. The van der Waals surface area contributed by atoms with Crippen LogP contribution in [0.15, 0.2) is 36.4 Å². The number of benzene rings is 2. The number of thiophene rings is 1. The summed E-state index contributed by atoms with van der Waals surface area (Å²) in [6.45, 7) is 7.03. The Kier molecular flexibility index (Phi) is 7.48. The highest BCUT2D eigenvalue weighted by Gasteiger charge is 2.25. The molecule has 0 fully saturated rings. The minimum atomic E-state index is -0.434. The molecule has 0 aliphatic heterocycles. The van der Waals surface area contributed by atoms with Crippen LogP contribution < -0.4 is 14.4 Å². The minimum absolute atomic E-state index is 0.00180. The Morgan fingerprint density at radius 3 is 2.40 bits per heavy atom. The fraction of sp³-hybridized carbons (Fsp3) is 0.333. The number of nitro benzene ring substituents is 1. The van der Waals surface area contributed by atoms with Gasteiger partial charge in [0.25, 0.3) is 11.6 Å². The lowest BCUT2D eigenvalue weighted by molar-refractivity contribution is -0.384. The molecule has 0 saturated carbocycles. The Balaban J connectivity index is 1.77. The first-order chi connectivity index (χ1) is 16.9. The second kappa shape index (κ2) is 10.5. The number of carbonyl (C=O) groups is 1. The number of methoxy groups -OCH3 is 2. The summed E-state index contributed by atoms with van der Waals surface area (Å²) in [6.07, 6.45) is 0. The zero-order chi connectivity index (χ0) is 25.1. The standard InChI is InChI=1S/C24H26N4O5S2/c1-5-26(6-2)11-12-27(24-25-21-17(32-3)8-9-18(33-4)22(21)35-24)23(29)20-14-15-13-16(28(30)31)7-10-19(15)34-20/h7-10,13-14H,5-6,11-12H2,1-4H3. The highest BCUT2D eigenvalue weighted by molar-refractivity contribution is 7.23. The number of non-ortho nitro benzene ring substituents is 1. The molecule has 0 bridgehead atoms. The van der Waals surface area contributed by atoms with Gasteiger partial charge in [0, 0.05) is 35.3 Å². The van der Waals surface area contributed by atoms with Crippen LogP contribution in [0.1, 0.15) is 23.5 Å². The minimum Gasteiger partial charge on any atom is -0.495 e. The second-order valence-electron chi connectivity index (χ2n) is 7.72. The molecule has 0 spiro atoms. The quantitative estimate of drug-likeness (QED) is 0.206. The Morgan fingerprint density at radius 2 is 1.74 bits per heavy atom. The van der Waals surface area contributed by atoms with Gasteiger partial charge in [-0.15, -0.1) is 11.3 Å². The van der Waals surface area contributed by atoms with Crippen molar-refractivity contribution in [2.75, 3.05) is 45.3 Å². The predicted octanol–water partition coefficient (Wildman–Crippen LogP) is 5.43. The molecule has 0 N–H and O–H groups in total. The SMILES string of the molecule is CCN(CC)CCN(C(=O)c1cc2cc([N+](=O)[O-])ccc2s1)c1nc2c(OC)ccc(OC)c2s1. The van der Waals surface area contributed by atoms with Crippen molar-refractivity contribution < 1.29 is 19.2 Å². The molecule has 0 aliphatic carbocycles. The molecule has 11 heteroatoms. The molecule has 0 aliphatic rings. The molecule has 2 aromatic heterocycles. The highest BCUT2D eigenvalue weighted by atomic mass is 32.1. The van der Waals surface area contributed by atoms with Gasteiger partial charge >= 0.3 is 0 Å². The summed E-state index contributed by atoms with van der Waals surface area (Å²) in [5.41, 5.74) is 0.637. The number of rotatable bonds is 10. The number of nitrogens with zero attached hydrogens (tertiary/aromatic N) is 4. The van der Waals surface area contributed by atoms with E-state index in [2.05, 4.69) is 18.7 Å². The lowest BCUT2D eigenvalue weighted by Gasteiger charge is -2.24. The van der Waals surface area contributed by atoms with Gasteiger partial charge in [0.15, 0.2) is 5.13 Å². The van der Waals surface area contributed by atoms with E-state index < -0.39 is 4.92 Å². The van der Waals surface area contributed by atoms with Crippen LogP contribution in [-0.2, 0) is 0 Å². The summed E-state index contributed by atoms with van der Waals surface area (Å²) in [7, 11) is 3.18. The third kappa shape index (κ3) is 4.93. The van der Waals surface area contributed by atoms with Crippen LogP contribution in [-0.4, -0.2) is 61.1 Å². The average Bonchev–Trinajstić information content (AvgIpc) is 3.50. The van der Waals surface area contributed by atoms with E-state index in [0.29, 0.717) is 45.5 Å². The van der Waals surface area contributed by atoms with E-state index in [-0.39, 0.29) is 11.6 Å². The zero-order valence-corrected chi connectivity index (χ0v) is 21.6. The van der Waals surface area contributed by atoms with Crippen molar-refractivity contribution in [3.63, 3.8) is 0 Å². The third-order valence-electron chi connectivity index (χ3n) is 5.83. The lowest BCUT2D eigenvalue weighted by Crippen LogP contribution is -2.38. The van der Waals surface area contributed by atoms with Crippen molar-refractivity contribution in [3.05, 3.63) is 51.4 Å². The zero-order valence-electron chi connectivity index (χ0n) is 19.9. The Morgan fingerprint density at radius 1 is 1.03 bits per heavy atom. The van der Waals surface area contributed by atoms with Crippen molar-refractivity contribution in [1.29, 1.82) is 0 Å². The molecule has 2 aromatic carbocycles. The summed E-state index contributed by atoms with van der Waals surface area (Å²) in [5.74, 6) is 1.07. The van der Waals surface area contributed by atoms with E-state index in [9.17, 15) is 14.9 Å². The maximum absolute atomic E-state index is 13.8. The predicted molar refractivity (Wildman–Crippen MR) is 141 cm³/mol. The van der Waals surface area contributed by atoms with Gasteiger partial charge in [-0.1, -0.05) is 25.2 Å². The number of fused-ring (bicyclic) bond motifs is 2. The smallest absolute Gasteiger partial charge is 0.270 e. The van der Waals surface area contributed by atoms with Gasteiger partial charge in [-0.3, -0.25) is 19.8 Å².